The van der Waals surface area contributed by atoms with E-state index in [1.54, 1.807) is 6.07 Å². The van der Waals surface area contributed by atoms with Crippen molar-refractivity contribution in [3.8, 4) is 0 Å². The number of nitrogens with one attached hydrogen (secondary N) is 2. The lowest BCUT2D eigenvalue weighted by molar-refractivity contribution is -0.136. The number of rotatable bonds is 6. The third-order valence-electron chi connectivity index (χ3n) is 7.23. The number of ether oxygens (including phenoxy) is 1. The quantitative estimate of drug-likeness (QED) is 0.595. The van der Waals surface area contributed by atoms with Crippen molar-refractivity contribution in [1.29, 1.82) is 0 Å². The van der Waals surface area contributed by atoms with Crippen molar-refractivity contribution in [3.05, 3.63) is 69.8 Å². The van der Waals surface area contributed by atoms with Crippen LogP contribution >= 0.6 is 0 Å². The third-order valence-corrected chi connectivity index (χ3v) is 7.23. The Morgan fingerprint density at radius 3 is 2.72 bits per heavy atom. The van der Waals surface area contributed by atoms with E-state index in [1.165, 1.54) is 4.90 Å². The summed E-state index contributed by atoms with van der Waals surface area (Å²) in [6.45, 7) is 6.65. The summed E-state index contributed by atoms with van der Waals surface area (Å²) in [5, 5.41) is 5.32. The zero-order chi connectivity index (χ0) is 25.2. The molecule has 1 atom stereocenters. The van der Waals surface area contributed by atoms with Crippen LogP contribution in [0, 0.1) is 6.92 Å². The van der Waals surface area contributed by atoms with Gasteiger partial charge in [0.15, 0.2) is 0 Å². The number of imide groups is 1. The predicted molar refractivity (Wildman–Crippen MR) is 131 cm³/mol. The highest BCUT2D eigenvalue weighted by atomic mass is 16.5. The molecule has 2 saturated heterocycles. The molecule has 2 fully saturated rings. The molecule has 2 aromatic rings. The van der Waals surface area contributed by atoms with Gasteiger partial charge in [-0.15, -0.1) is 0 Å². The number of amides is 4. The standard InChI is InChI=1S/C27H30N4O5/c1-17-19(15-30-9-11-36-12-10-30)3-2-4-21(17)25(33)28-14-18-5-6-22-20(13-18)16-31(27(22)35)23-7-8-24(32)29-26(23)34/h2-6,13,23H,7-12,14-16H2,1H3,(H,28,33)(H,29,32,34). The van der Waals surface area contributed by atoms with Crippen LogP contribution in [-0.4, -0.2) is 65.8 Å². The molecule has 9 nitrogen and oxygen atoms in total. The van der Waals surface area contributed by atoms with Gasteiger partial charge in [0.25, 0.3) is 11.8 Å². The second-order valence-corrected chi connectivity index (χ2v) is 9.55. The minimum Gasteiger partial charge on any atom is -0.379 e. The SMILES string of the molecule is Cc1c(CN2CCOCC2)cccc1C(=O)NCc1ccc2c(c1)CN(C1CCC(=O)NC1=O)C2=O. The maximum atomic E-state index is 13.0. The smallest absolute Gasteiger partial charge is 0.255 e. The van der Waals surface area contributed by atoms with Crippen molar-refractivity contribution < 1.29 is 23.9 Å². The van der Waals surface area contributed by atoms with Crippen LogP contribution in [-0.2, 0) is 34.0 Å². The van der Waals surface area contributed by atoms with E-state index in [0.717, 1.165) is 55.1 Å². The molecule has 188 valence electrons. The molecule has 2 aromatic carbocycles. The van der Waals surface area contributed by atoms with Crippen LogP contribution < -0.4 is 10.6 Å². The summed E-state index contributed by atoms with van der Waals surface area (Å²) in [6.07, 6.45) is 0.554. The first kappa shape index (κ1) is 24.1. The normalized spacial score (nSPS) is 20.3. The molecule has 5 rings (SSSR count). The summed E-state index contributed by atoms with van der Waals surface area (Å²) in [5.41, 5.74) is 5.01. The fourth-order valence-electron chi connectivity index (χ4n) is 5.12. The fraction of sp³-hybridized carbons (Fsp3) is 0.407. The monoisotopic (exact) mass is 490 g/mol. The first-order valence-electron chi connectivity index (χ1n) is 12.3. The molecule has 0 bridgehead atoms. The number of benzene rings is 2. The van der Waals surface area contributed by atoms with Gasteiger partial charge in [-0.05, 0) is 47.7 Å². The number of piperidine rings is 1. The minimum absolute atomic E-state index is 0.141. The van der Waals surface area contributed by atoms with Crippen LogP contribution in [0.15, 0.2) is 36.4 Å². The second kappa shape index (κ2) is 10.2. The third kappa shape index (κ3) is 4.89. The number of carbonyl (C=O) groups is 4. The van der Waals surface area contributed by atoms with Gasteiger partial charge in [0, 0.05) is 50.3 Å². The van der Waals surface area contributed by atoms with Gasteiger partial charge < -0.3 is 15.0 Å². The summed E-state index contributed by atoms with van der Waals surface area (Å²) < 4.78 is 5.43. The van der Waals surface area contributed by atoms with Crippen LogP contribution in [0.3, 0.4) is 0 Å². The maximum Gasteiger partial charge on any atom is 0.255 e. The average molecular weight is 491 g/mol. The topological polar surface area (TPSA) is 108 Å². The van der Waals surface area contributed by atoms with Gasteiger partial charge in [-0.1, -0.05) is 24.3 Å². The molecule has 4 amide bonds. The molecule has 3 aliphatic rings. The van der Waals surface area contributed by atoms with E-state index in [0.29, 0.717) is 30.6 Å². The van der Waals surface area contributed by atoms with Gasteiger partial charge in [-0.25, -0.2) is 0 Å². The summed E-state index contributed by atoms with van der Waals surface area (Å²) in [5.74, 6) is -1.08. The van der Waals surface area contributed by atoms with E-state index >= 15 is 0 Å². The van der Waals surface area contributed by atoms with Crippen LogP contribution in [0.5, 0.6) is 0 Å². The lowest BCUT2D eigenvalue weighted by Crippen LogP contribution is -2.52. The van der Waals surface area contributed by atoms with E-state index in [-0.39, 0.29) is 24.1 Å². The second-order valence-electron chi connectivity index (χ2n) is 9.55. The Hall–Kier alpha value is -3.56. The lowest BCUT2D eigenvalue weighted by atomic mass is 10.0. The Labute approximate surface area is 209 Å². The van der Waals surface area contributed by atoms with Crippen LogP contribution in [0.25, 0.3) is 0 Å². The number of hydrogen-bond donors (Lipinski definition) is 2. The van der Waals surface area contributed by atoms with Crippen molar-refractivity contribution in [2.75, 3.05) is 26.3 Å². The van der Waals surface area contributed by atoms with E-state index < -0.39 is 11.9 Å². The van der Waals surface area contributed by atoms with Gasteiger partial charge in [-0.2, -0.15) is 0 Å². The average Bonchev–Trinajstić information content (AvgIpc) is 3.20. The van der Waals surface area contributed by atoms with Crippen LogP contribution in [0.4, 0.5) is 0 Å². The Morgan fingerprint density at radius 2 is 1.94 bits per heavy atom. The Morgan fingerprint density at radius 1 is 1.14 bits per heavy atom. The van der Waals surface area contributed by atoms with Gasteiger partial charge >= 0.3 is 0 Å². The maximum absolute atomic E-state index is 13.0. The zero-order valence-electron chi connectivity index (χ0n) is 20.3. The first-order chi connectivity index (χ1) is 17.4. The summed E-state index contributed by atoms with van der Waals surface area (Å²) >= 11 is 0. The largest absolute Gasteiger partial charge is 0.379 e. The summed E-state index contributed by atoms with van der Waals surface area (Å²) in [7, 11) is 0. The minimum atomic E-state index is -0.640. The van der Waals surface area contributed by atoms with Crippen molar-refractivity contribution in [2.45, 2.75) is 45.4 Å². The highest BCUT2D eigenvalue weighted by Crippen LogP contribution is 2.28. The summed E-state index contributed by atoms with van der Waals surface area (Å²) in [6, 6.07) is 10.7. The Balaban J connectivity index is 1.23. The molecule has 2 N–H and O–H groups in total. The first-order valence-corrected chi connectivity index (χ1v) is 12.3. The van der Waals surface area contributed by atoms with Gasteiger partial charge in [0.2, 0.25) is 11.8 Å². The van der Waals surface area contributed by atoms with E-state index in [1.807, 2.05) is 31.2 Å². The molecule has 36 heavy (non-hydrogen) atoms. The molecule has 0 spiro atoms. The predicted octanol–water partition coefficient (Wildman–Crippen LogP) is 1.52. The molecule has 3 aliphatic heterocycles. The number of carbonyl (C=O) groups excluding carboxylic acids is 4. The Kier molecular flexibility index (Phi) is 6.84. The molecule has 9 heteroatoms. The number of fused-ring (bicyclic) bond motifs is 1. The molecule has 0 aliphatic carbocycles. The zero-order valence-corrected chi connectivity index (χ0v) is 20.3. The van der Waals surface area contributed by atoms with E-state index in [2.05, 4.69) is 21.6 Å². The lowest BCUT2D eigenvalue weighted by Gasteiger charge is -2.29. The van der Waals surface area contributed by atoms with Gasteiger partial charge in [0.1, 0.15) is 6.04 Å². The molecule has 1 unspecified atom stereocenters. The van der Waals surface area contributed by atoms with E-state index in [9.17, 15) is 19.2 Å². The van der Waals surface area contributed by atoms with Crippen LogP contribution in [0.2, 0.25) is 0 Å². The van der Waals surface area contributed by atoms with Gasteiger partial charge in [-0.3, -0.25) is 29.4 Å². The van der Waals surface area contributed by atoms with E-state index in [4.69, 9.17) is 4.74 Å². The molecular weight excluding hydrogens is 460 g/mol. The Bertz CT molecular complexity index is 1220. The molecular formula is C27H30N4O5. The number of hydrogen-bond acceptors (Lipinski definition) is 6. The molecule has 0 radical (unpaired) electrons. The highest BCUT2D eigenvalue weighted by molar-refractivity contribution is 6.05. The molecule has 0 saturated carbocycles. The summed E-state index contributed by atoms with van der Waals surface area (Å²) in [4.78, 5) is 53.5. The number of nitrogens with zero attached hydrogens (tertiary/aromatic N) is 2. The van der Waals surface area contributed by atoms with Crippen molar-refractivity contribution in [2.24, 2.45) is 0 Å². The van der Waals surface area contributed by atoms with Crippen LogP contribution in [0.1, 0.15) is 55.8 Å². The fourth-order valence-corrected chi connectivity index (χ4v) is 5.12. The molecule has 0 aromatic heterocycles. The van der Waals surface area contributed by atoms with Gasteiger partial charge in [0.05, 0.1) is 13.2 Å². The molecule has 3 heterocycles. The highest BCUT2D eigenvalue weighted by Gasteiger charge is 2.39. The van der Waals surface area contributed by atoms with Crippen molar-refractivity contribution in [1.82, 2.24) is 20.4 Å². The van der Waals surface area contributed by atoms with Crippen molar-refractivity contribution in [3.63, 3.8) is 0 Å². The van der Waals surface area contributed by atoms with Crippen molar-refractivity contribution >= 4 is 23.6 Å². The number of morpholine rings is 1.